The van der Waals surface area contributed by atoms with Crippen LogP contribution in [0.5, 0.6) is 0 Å². The van der Waals surface area contributed by atoms with Gasteiger partial charge in [-0.2, -0.15) is 0 Å². The molecular weight excluding hydrogens is 334 g/mol. The van der Waals surface area contributed by atoms with Gasteiger partial charge in [0.1, 0.15) is 11.6 Å². The fourth-order valence-corrected chi connectivity index (χ4v) is 2.77. The Morgan fingerprint density at radius 2 is 1.88 bits per heavy atom. The molecule has 84 valence electrons. The molecule has 0 fully saturated rings. The Bertz CT molecular complexity index is 552. The third-order valence-electron chi connectivity index (χ3n) is 2.28. The lowest BCUT2D eigenvalue weighted by molar-refractivity contribution is 0.785. The van der Waals surface area contributed by atoms with Crippen molar-refractivity contribution < 1.29 is 0 Å². The van der Waals surface area contributed by atoms with E-state index in [9.17, 15) is 0 Å². The average molecular weight is 345 g/mol. The molecule has 0 radical (unpaired) electrons. The van der Waals surface area contributed by atoms with Gasteiger partial charge in [-0.1, -0.05) is 29.8 Å². The van der Waals surface area contributed by atoms with Gasteiger partial charge in [0.2, 0.25) is 0 Å². The summed E-state index contributed by atoms with van der Waals surface area (Å²) in [4.78, 5) is 8.83. The summed E-state index contributed by atoms with van der Waals surface area (Å²) in [6.45, 7) is 4.10. The van der Waals surface area contributed by atoms with E-state index in [4.69, 9.17) is 5.73 Å². The molecule has 1 aromatic carbocycles. The molecule has 2 N–H and O–H groups in total. The number of nitrogens with zero attached hydrogens (tertiary/aromatic N) is 2. The third-order valence-corrected chi connectivity index (χ3v) is 3.34. The van der Waals surface area contributed by atoms with E-state index >= 15 is 0 Å². The van der Waals surface area contributed by atoms with Crippen molar-refractivity contribution in [2.75, 3.05) is 5.73 Å². The summed E-state index contributed by atoms with van der Waals surface area (Å²) in [5.74, 6) is 1.56. The number of fused-ring (bicyclic) bond motifs is 1. The first-order valence-corrected chi connectivity index (χ1v) is 6.50. The average Bonchev–Trinajstić information content (AvgIpc) is 2.19. The van der Waals surface area contributed by atoms with Crippen molar-refractivity contribution in [3.05, 3.63) is 26.9 Å². The van der Waals surface area contributed by atoms with Crippen molar-refractivity contribution in [3.8, 4) is 0 Å². The molecule has 0 aliphatic rings. The predicted molar refractivity (Wildman–Crippen MR) is 73.4 cm³/mol. The van der Waals surface area contributed by atoms with Crippen molar-refractivity contribution in [1.29, 1.82) is 0 Å². The van der Waals surface area contributed by atoms with Crippen LogP contribution in [0.15, 0.2) is 21.1 Å². The number of halogens is 2. The fourth-order valence-electron chi connectivity index (χ4n) is 1.46. The highest BCUT2D eigenvalue weighted by atomic mass is 79.9. The zero-order valence-electron chi connectivity index (χ0n) is 8.96. The molecule has 0 aliphatic heterocycles. The Morgan fingerprint density at radius 1 is 1.19 bits per heavy atom. The summed E-state index contributed by atoms with van der Waals surface area (Å²) in [7, 11) is 0. The molecule has 0 saturated carbocycles. The van der Waals surface area contributed by atoms with Gasteiger partial charge in [-0.25, -0.2) is 9.97 Å². The number of rotatable bonds is 1. The van der Waals surface area contributed by atoms with Crippen molar-refractivity contribution in [2.45, 2.75) is 19.8 Å². The topological polar surface area (TPSA) is 51.8 Å². The van der Waals surface area contributed by atoms with Gasteiger partial charge < -0.3 is 5.73 Å². The third kappa shape index (κ3) is 2.06. The first-order chi connectivity index (χ1) is 7.49. The summed E-state index contributed by atoms with van der Waals surface area (Å²) in [5, 5.41) is 0.866. The Kier molecular flexibility index (Phi) is 3.17. The number of hydrogen-bond acceptors (Lipinski definition) is 3. The van der Waals surface area contributed by atoms with Crippen LogP contribution in [0.1, 0.15) is 25.6 Å². The van der Waals surface area contributed by atoms with Gasteiger partial charge in [0.05, 0.1) is 5.52 Å². The van der Waals surface area contributed by atoms with Gasteiger partial charge in [-0.05, 0) is 28.1 Å². The number of nitrogen functional groups attached to an aromatic ring is 1. The summed E-state index contributed by atoms with van der Waals surface area (Å²) < 4.78 is 1.88. The molecule has 0 unspecified atom stereocenters. The Balaban J connectivity index is 2.82. The van der Waals surface area contributed by atoms with Crippen molar-refractivity contribution in [3.63, 3.8) is 0 Å². The van der Waals surface area contributed by atoms with Gasteiger partial charge >= 0.3 is 0 Å². The molecule has 0 spiro atoms. The van der Waals surface area contributed by atoms with Crippen LogP contribution in [0, 0.1) is 0 Å². The molecule has 2 aromatic rings. The maximum Gasteiger partial charge on any atom is 0.135 e. The summed E-state index contributed by atoms with van der Waals surface area (Å²) in [6, 6.07) is 3.89. The molecular formula is C11H11Br2N3. The number of benzene rings is 1. The largest absolute Gasteiger partial charge is 0.383 e. The second kappa shape index (κ2) is 4.30. The van der Waals surface area contributed by atoms with E-state index < -0.39 is 0 Å². The predicted octanol–water partition coefficient (Wildman–Crippen LogP) is 3.86. The highest BCUT2D eigenvalue weighted by Crippen LogP contribution is 2.30. The van der Waals surface area contributed by atoms with Crippen LogP contribution in [0.4, 0.5) is 5.82 Å². The van der Waals surface area contributed by atoms with E-state index in [-0.39, 0.29) is 5.92 Å². The zero-order chi connectivity index (χ0) is 11.9. The first kappa shape index (κ1) is 11.8. The first-order valence-electron chi connectivity index (χ1n) is 4.91. The molecule has 0 atom stereocenters. The van der Waals surface area contributed by atoms with Crippen LogP contribution in [0.2, 0.25) is 0 Å². The molecule has 0 bridgehead atoms. The van der Waals surface area contributed by atoms with E-state index in [1.807, 2.05) is 26.0 Å². The summed E-state index contributed by atoms with van der Waals surface area (Å²) in [5.41, 5.74) is 6.80. The van der Waals surface area contributed by atoms with Crippen molar-refractivity contribution in [1.82, 2.24) is 9.97 Å². The quantitative estimate of drug-likeness (QED) is 0.854. The zero-order valence-corrected chi connectivity index (χ0v) is 12.1. The minimum absolute atomic E-state index is 0.266. The lowest BCUT2D eigenvalue weighted by atomic mass is 10.2. The minimum Gasteiger partial charge on any atom is -0.383 e. The monoisotopic (exact) mass is 343 g/mol. The molecule has 1 heterocycles. The highest BCUT2D eigenvalue weighted by Gasteiger charge is 2.11. The maximum atomic E-state index is 5.94. The molecule has 0 amide bonds. The second-order valence-electron chi connectivity index (χ2n) is 3.91. The van der Waals surface area contributed by atoms with Crippen molar-refractivity contribution in [2.24, 2.45) is 0 Å². The molecule has 1 aromatic heterocycles. The maximum absolute atomic E-state index is 5.94. The standard InChI is InChI=1S/C11H11Br2N3/c1-5(2)11-15-9-7(10(14)16-11)3-6(12)4-8(9)13/h3-5H,1-2H3,(H2,14,15,16). The Labute approximate surface area is 111 Å². The molecule has 0 aliphatic carbocycles. The van der Waals surface area contributed by atoms with Gasteiger partial charge in [0, 0.05) is 20.2 Å². The van der Waals surface area contributed by atoms with E-state index in [1.165, 1.54) is 0 Å². The van der Waals surface area contributed by atoms with Crippen LogP contribution >= 0.6 is 31.9 Å². The molecule has 16 heavy (non-hydrogen) atoms. The number of nitrogens with two attached hydrogens (primary N) is 1. The van der Waals surface area contributed by atoms with Crippen LogP contribution in [-0.2, 0) is 0 Å². The summed E-state index contributed by atoms with van der Waals surface area (Å²) in [6.07, 6.45) is 0. The van der Waals surface area contributed by atoms with Crippen LogP contribution in [0.25, 0.3) is 10.9 Å². The summed E-state index contributed by atoms with van der Waals surface area (Å²) >= 11 is 6.91. The minimum atomic E-state index is 0.266. The second-order valence-corrected chi connectivity index (χ2v) is 5.68. The van der Waals surface area contributed by atoms with E-state index in [0.717, 1.165) is 25.7 Å². The fraction of sp³-hybridized carbons (Fsp3) is 0.273. The van der Waals surface area contributed by atoms with E-state index in [0.29, 0.717) is 5.82 Å². The smallest absolute Gasteiger partial charge is 0.135 e. The molecule has 2 rings (SSSR count). The number of hydrogen-bond donors (Lipinski definition) is 1. The Hall–Kier alpha value is -0.680. The number of anilines is 1. The van der Waals surface area contributed by atoms with Crippen LogP contribution in [0.3, 0.4) is 0 Å². The Morgan fingerprint density at radius 3 is 2.50 bits per heavy atom. The van der Waals surface area contributed by atoms with Crippen LogP contribution in [-0.4, -0.2) is 9.97 Å². The van der Waals surface area contributed by atoms with Gasteiger partial charge in [-0.15, -0.1) is 0 Å². The highest BCUT2D eigenvalue weighted by molar-refractivity contribution is 9.11. The molecule has 5 heteroatoms. The van der Waals surface area contributed by atoms with Crippen LogP contribution < -0.4 is 5.73 Å². The van der Waals surface area contributed by atoms with Gasteiger partial charge in [0.25, 0.3) is 0 Å². The van der Waals surface area contributed by atoms with Crippen molar-refractivity contribution >= 4 is 48.6 Å². The van der Waals surface area contributed by atoms with Gasteiger partial charge in [0.15, 0.2) is 0 Å². The molecule has 0 saturated heterocycles. The van der Waals surface area contributed by atoms with E-state index in [1.54, 1.807) is 0 Å². The van der Waals surface area contributed by atoms with E-state index in [2.05, 4.69) is 41.8 Å². The SMILES string of the molecule is CC(C)c1nc(N)c2cc(Br)cc(Br)c2n1. The lowest BCUT2D eigenvalue weighted by Crippen LogP contribution is -2.03. The lowest BCUT2D eigenvalue weighted by Gasteiger charge is -2.09. The normalized spacial score (nSPS) is 11.3. The van der Waals surface area contributed by atoms with Gasteiger partial charge in [-0.3, -0.25) is 0 Å². The molecule has 3 nitrogen and oxygen atoms in total. The number of aromatic nitrogens is 2.